The molecule has 1 rings (SSSR count). The summed E-state index contributed by atoms with van der Waals surface area (Å²) in [5.41, 5.74) is 0. The minimum Gasteiger partial charge on any atom is -0.299 e. The van der Waals surface area contributed by atoms with Crippen molar-refractivity contribution in [2.45, 2.75) is 53.4 Å². The first kappa shape index (κ1) is 11.7. The van der Waals surface area contributed by atoms with Gasteiger partial charge in [-0.05, 0) is 24.7 Å². The molecule has 0 aromatic rings. The molecule has 0 amide bonds. The molecule has 0 radical (unpaired) electrons. The van der Waals surface area contributed by atoms with Gasteiger partial charge in [0, 0.05) is 11.8 Å². The minimum absolute atomic E-state index is 0.255. The monoisotopic (exact) mass is 196 g/mol. The lowest BCUT2D eigenvalue weighted by molar-refractivity contribution is -0.129. The Kier molecular flexibility index (Phi) is 4.15. The summed E-state index contributed by atoms with van der Waals surface area (Å²) < 4.78 is 0. The van der Waals surface area contributed by atoms with E-state index < -0.39 is 0 Å². The van der Waals surface area contributed by atoms with E-state index in [0.717, 1.165) is 18.8 Å². The summed E-state index contributed by atoms with van der Waals surface area (Å²) in [5.74, 6) is 2.41. The summed E-state index contributed by atoms with van der Waals surface area (Å²) in [4.78, 5) is 12.1. The Morgan fingerprint density at radius 3 is 2.36 bits per heavy atom. The van der Waals surface area contributed by atoms with E-state index in [0.29, 0.717) is 17.6 Å². The Bertz CT molecular complexity index is 195. The van der Waals surface area contributed by atoms with Crippen LogP contribution in [0.3, 0.4) is 0 Å². The number of hydrogen-bond donors (Lipinski definition) is 0. The molecule has 0 saturated heterocycles. The van der Waals surface area contributed by atoms with Crippen LogP contribution >= 0.6 is 0 Å². The Hall–Kier alpha value is -0.330. The van der Waals surface area contributed by atoms with Gasteiger partial charge in [-0.1, -0.05) is 40.5 Å². The van der Waals surface area contributed by atoms with Gasteiger partial charge < -0.3 is 0 Å². The number of carbonyl (C=O) groups is 1. The normalized spacial score (nSPS) is 30.4. The van der Waals surface area contributed by atoms with Crippen LogP contribution in [0.1, 0.15) is 53.4 Å². The molecule has 0 bridgehead atoms. The van der Waals surface area contributed by atoms with Crippen LogP contribution in [0.4, 0.5) is 0 Å². The fourth-order valence-corrected chi connectivity index (χ4v) is 2.39. The first-order chi connectivity index (χ1) is 6.52. The van der Waals surface area contributed by atoms with Crippen molar-refractivity contribution >= 4 is 5.78 Å². The third-order valence-corrected chi connectivity index (χ3v) is 3.79. The molecule has 14 heavy (non-hydrogen) atoms. The van der Waals surface area contributed by atoms with Gasteiger partial charge in [0.2, 0.25) is 0 Å². The zero-order chi connectivity index (χ0) is 10.7. The van der Waals surface area contributed by atoms with E-state index >= 15 is 0 Å². The Morgan fingerprint density at radius 2 is 1.86 bits per heavy atom. The molecule has 1 aliphatic carbocycles. The number of carbonyl (C=O) groups excluding carboxylic acids is 1. The van der Waals surface area contributed by atoms with Gasteiger partial charge >= 0.3 is 0 Å². The van der Waals surface area contributed by atoms with Gasteiger partial charge in [0.25, 0.3) is 0 Å². The molecule has 1 heteroatoms. The fourth-order valence-electron chi connectivity index (χ4n) is 2.39. The van der Waals surface area contributed by atoms with E-state index in [1.807, 2.05) is 0 Å². The highest BCUT2D eigenvalue weighted by Crippen LogP contribution is 2.32. The second-order valence-electron chi connectivity index (χ2n) is 5.40. The Labute approximate surface area is 88.3 Å². The number of hydrogen-bond acceptors (Lipinski definition) is 1. The van der Waals surface area contributed by atoms with Crippen LogP contribution in [-0.4, -0.2) is 5.78 Å². The molecule has 1 nitrogen and oxygen atoms in total. The quantitative estimate of drug-likeness (QED) is 0.673. The van der Waals surface area contributed by atoms with Crippen molar-refractivity contribution in [2.75, 3.05) is 0 Å². The molecule has 1 saturated carbocycles. The standard InChI is InChI=1S/C13H24O/c1-9(2)11(4)13(14)12-7-5-6-10(3)8-12/h9-12H,5-8H2,1-4H3. The van der Waals surface area contributed by atoms with E-state index in [4.69, 9.17) is 0 Å². The molecule has 0 N–H and O–H groups in total. The zero-order valence-corrected chi connectivity index (χ0v) is 10.0. The molecule has 0 aromatic heterocycles. The molecular formula is C13H24O. The molecule has 0 spiro atoms. The van der Waals surface area contributed by atoms with Crippen LogP contribution in [0.5, 0.6) is 0 Å². The molecule has 0 heterocycles. The van der Waals surface area contributed by atoms with Crippen LogP contribution in [0.2, 0.25) is 0 Å². The van der Waals surface area contributed by atoms with Crippen molar-refractivity contribution in [1.29, 1.82) is 0 Å². The summed E-state index contributed by atoms with van der Waals surface area (Å²) in [6.45, 7) is 8.66. The van der Waals surface area contributed by atoms with Crippen molar-refractivity contribution in [1.82, 2.24) is 0 Å². The average molecular weight is 196 g/mol. The lowest BCUT2D eigenvalue weighted by Crippen LogP contribution is -2.28. The summed E-state index contributed by atoms with van der Waals surface area (Å²) in [6, 6.07) is 0. The maximum absolute atomic E-state index is 12.1. The predicted molar refractivity (Wildman–Crippen MR) is 60.1 cm³/mol. The molecule has 3 atom stereocenters. The highest BCUT2D eigenvalue weighted by atomic mass is 16.1. The van der Waals surface area contributed by atoms with Crippen LogP contribution in [0.25, 0.3) is 0 Å². The second-order valence-corrected chi connectivity index (χ2v) is 5.40. The van der Waals surface area contributed by atoms with Crippen molar-refractivity contribution in [3.63, 3.8) is 0 Å². The molecule has 0 aliphatic heterocycles. The third-order valence-electron chi connectivity index (χ3n) is 3.79. The number of ketones is 1. The van der Waals surface area contributed by atoms with Gasteiger partial charge in [0.05, 0.1) is 0 Å². The molecule has 1 aliphatic rings. The molecule has 3 unspecified atom stereocenters. The lowest BCUT2D eigenvalue weighted by Gasteiger charge is -2.28. The van der Waals surface area contributed by atoms with E-state index in [1.54, 1.807) is 0 Å². The minimum atomic E-state index is 0.255. The van der Waals surface area contributed by atoms with Crippen LogP contribution in [-0.2, 0) is 4.79 Å². The first-order valence-electron chi connectivity index (χ1n) is 6.06. The van der Waals surface area contributed by atoms with Gasteiger partial charge in [-0.2, -0.15) is 0 Å². The number of rotatable bonds is 3. The smallest absolute Gasteiger partial charge is 0.139 e. The largest absolute Gasteiger partial charge is 0.299 e. The van der Waals surface area contributed by atoms with Gasteiger partial charge in [-0.25, -0.2) is 0 Å². The van der Waals surface area contributed by atoms with Crippen molar-refractivity contribution in [3.8, 4) is 0 Å². The second kappa shape index (κ2) is 4.95. The van der Waals surface area contributed by atoms with E-state index in [9.17, 15) is 4.79 Å². The molecule has 82 valence electrons. The summed E-state index contributed by atoms with van der Waals surface area (Å²) in [5, 5.41) is 0. The zero-order valence-electron chi connectivity index (χ0n) is 10.0. The molecule has 0 aromatic carbocycles. The average Bonchev–Trinajstić information content (AvgIpc) is 2.15. The predicted octanol–water partition coefficient (Wildman–Crippen LogP) is 3.67. The van der Waals surface area contributed by atoms with Crippen LogP contribution in [0.15, 0.2) is 0 Å². The number of Topliss-reactive ketones (excluding diaryl/α,β-unsaturated/α-hetero) is 1. The third kappa shape index (κ3) is 2.83. The highest BCUT2D eigenvalue weighted by molar-refractivity contribution is 5.83. The van der Waals surface area contributed by atoms with Crippen molar-refractivity contribution < 1.29 is 4.79 Å². The summed E-state index contributed by atoms with van der Waals surface area (Å²) in [7, 11) is 0. The fraction of sp³-hybridized carbons (Fsp3) is 0.923. The topological polar surface area (TPSA) is 17.1 Å². The molecule has 1 fully saturated rings. The van der Waals surface area contributed by atoms with E-state index in [1.165, 1.54) is 12.8 Å². The highest BCUT2D eigenvalue weighted by Gasteiger charge is 2.29. The van der Waals surface area contributed by atoms with Crippen molar-refractivity contribution in [3.05, 3.63) is 0 Å². The van der Waals surface area contributed by atoms with Crippen molar-refractivity contribution in [2.24, 2.45) is 23.7 Å². The Balaban J connectivity index is 2.51. The first-order valence-corrected chi connectivity index (χ1v) is 6.06. The maximum Gasteiger partial charge on any atom is 0.139 e. The van der Waals surface area contributed by atoms with E-state index in [-0.39, 0.29) is 5.92 Å². The van der Waals surface area contributed by atoms with Crippen LogP contribution < -0.4 is 0 Å². The summed E-state index contributed by atoms with van der Waals surface area (Å²) in [6.07, 6.45) is 4.85. The lowest BCUT2D eigenvalue weighted by atomic mass is 9.75. The van der Waals surface area contributed by atoms with Crippen LogP contribution in [0, 0.1) is 23.7 Å². The van der Waals surface area contributed by atoms with Gasteiger partial charge in [-0.15, -0.1) is 0 Å². The summed E-state index contributed by atoms with van der Waals surface area (Å²) >= 11 is 0. The van der Waals surface area contributed by atoms with Gasteiger partial charge in [-0.3, -0.25) is 4.79 Å². The molecular weight excluding hydrogens is 172 g/mol. The SMILES string of the molecule is CC1CCCC(C(=O)C(C)C(C)C)C1. The van der Waals surface area contributed by atoms with Gasteiger partial charge in [0.1, 0.15) is 5.78 Å². The van der Waals surface area contributed by atoms with Gasteiger partial charge in [0.15, 0.2) is 0 Å². The maximum atomic E-state index is 12.1. The Morgan fingerprint density at radius 1 is 1.21 bits per heavy atom. The van der Waals surface area contributed by atoms with E-state index in [2.05, 4.69) is 27.7 Å².